The van der Waals surface area contributed by atoms with E-state index in [0.717, 1.165) is 32.8 Å². The number of morpholine rings is 1. The van der Waals surface area contributed by atoms with Crippen LogP contribution in [-0.4, -0.2) is 56.3 Å². The lowest BCUT2D eigenvalue weighted by Gasteiger charge is -2.26. The van der Waals surface area contributed by atoms with E-state index in [1.54, 1.807) is 18.2 Å². The van der Waals surface area contributed by atoms with Crippen molar-refractivity contribution in [2.75, 3.05) is 39.4 Å². The molecule has 1 aromatic carbocycles. The van der Waals surface area contributed by atoms with Crippen molar-refractivity contribution < 1.29 is 14.3 Å². The summed E-state index contributed by atoms with van der Waals surface area (Å²) in [6.45, 7) is 8.68. The summed E-state index contributed by atoms with van der Waals surface area (Å²) in [6.07, 6.45) is 0.0469. The lowest BCUT2D eigenvalue weighted by atomic mass is 10.2. The molecule has 1 aromatic rings. The molecule has 0 spiro atoms. The zero-order chi connectivity index (χ0) is 15.9. The Morgan fingerprint density at radius 1 is 1.41 bits per heavy atom. The summed E-state index contributed by atoms with van der Waals surface area (Å²) in [5.74, 6) is 0.479. The molecule has 1 amide bonds. The topological polar surface area (TPSA) is 50.8 Å². The smallest absolute Gasteiger partial charge is 0.251 e. The van der Waals surface area contributed by atoms with E-state index in [-0.39, 0.29) is 12.0 Å². The highest BCUT2D eigenvalue weighted by molar-refractivity contribution is 6.32. The second kappa shape index (κ2) is 8.36. The summed E-state index contributed by atoms with van der Waals surface area (Å²) < 4.78 is 10.9. The highest BCUT2D eigenvalue weighted by Gasteiger charge is 2.12. The van der Waals surface area contributed by atoms with Gasteiger partial charge in [0.2, 0.25) is 0 Å². The van der Waals surface area contributed by atoms with Gasteiger partial charge in [-0.1, -0.05) is 11.6 Å². The normalized spacial score (nSPS) is 15.8. The third-order valence-electron chi connectivity index (χ3n) is 3.37. The first-order valence-corrected chi connectivity index (χ1v) is 7.98. The highest BCUT2D eigenvalue weighted by atomic mass is 35.5. The largest absolute Gasteiger partial charge is 0.489 e. The molecule has 0 aromatic heterocycles. The molecular formula is C16H23ClN2O3. The Morgan fingerprint density at radius 3 is 2.77 bits per heavy atom. The summed E-state index contributed by atoms with van der Waals surface area (Å²) in [6, 6.07) is 5.11. The van der Waals surface area contributed by atoms with Gasteiger partial charge in [0.25, 0.3) is 5.91 Å². The fourth-order valence-corrected chi connectivity index (χ4v) is 2.47. The van der Waals surface area contributed by atoms with Gasteiger partial charge in [0.1, 0.15) is 5.75 Å². The van der Waals surface area contributed by atoms with E-state index in [2.05, 4.69) is 10.2 Å². The molecule has 122 valence electrons. The Balaban J connectivity index is 1.82. The maximum atomic E-state index is 12.1. The molecule has 6 heteroatoms. The van der Waals surface area contributed by atoms with Crippen LogP contribution >= 0.6 is 11.6 Å². The molecule has 0 radical (unpaired) electrons. The van der Waals surface area contributed by atoms with Crippen molar-refractivity contribution in [2.24, 2.45) is 0 Å². The fraction of sp³-hybridized carbons (Fsp3) is 0.562. The van der Waals surface area contributed by atoms with E-state index >= 15 is 0 Å². The molecule has 1 aliphatic rings. The van der Waals surface area contributed by atoms with Crippen molar-refractivity contribution in [1.82, 2.24) is 10.2 Å². The average molecular weight is 327 g/mol. The van der Waals surface area contributed by atoms with E-state index in [9.17, 15) is 4.79 Å². The minimum atomic E-state index is -0.119. The number of rotatable bonds is 6. The molecule has 1 saturated heterocycles. The van der Waals surface area contributed by atoms with Crippen LogP contribution < -0.4 is 10.1 Å². The molecular weight excluding hydrogens is 304 g/mol. The second-order valence-electron chi connectivity index (χ2n) is 5.52. The molecule has 1 fully saturated rings. The fourth-order valence-electron chi connectivity index (χ4n) is 2.25. The predicted molar refractivity (Wildman–Crippen MR) is 86.8 cm³/mol. The van der Waals surface area contributed by atoms with Crippen LogP contribution in [0.25, 0.3) is 0 Å². The van der Waals surface area contributed by atoms with Crippen LogP contribution in [0.1, 0.15) is 24.2 Å². The molecule has 0 aliphatic carbocycles. The molecule has 0 saturated carbocycles. The predicted octanol–water partition coefficient (Wildman–Crippen LogP) is 2.19. The Morgan fingerprint density at radius 2 is 2.14 bits per heavy atom. The van der Waals surface area contributed by atoms with Crippen molar-refractivity contribution in [1.29, 1.82) is 0 Å². The molecule has 0 atom stereocenters. The maximum absolute atomic E-state index is 12.1. The summed E-state index contributed by atoms with van der Waals surface area (Å²) in [5.41, 5.74) is 0.545. The molecule has 0 bridgehead atoms. The first-order valence-electron chi connectivity index (χ1n) is 7.61. The molecule has 1 N–H and O–H groups in total. The third kappa shape index (κ3) is 5.16. The number of hydrogen-bond donors (Lipinski definition) is 1. The van der Waals surface area contributed by atoms with E-state index in [0.29, 0.717) is 22.9 Å². The van der Waals surface area contributed by atoms with Crippen molar-refractivity contribution in [3.8, 4) is 5.75 Å². The van der Waals surface area contributed by atoms with Gasteiger partial charge < -0.3 is 14.8 Å². The van der Waals surface area contributed by atoms with Crippen molar-refractivity contribution in [2.45, 2.75) is 20.0 Å². The number of benzene rings is 1. The summed E-state index contributed by atoms with van der Waals surface area (Å²) >= 11 is 6.15. The number of halogens is 1. The van der Waals surface area contributed by atoms with Crippen LogP contribution in [-0.2, 0) is 4.74 Å². The van der Waals surface area contributed by atoms with Crippen molar-refractivity contribution >= 4 is 17.5 Å². The van der Waals surface area contributed by atoms with Gasteiger partial charge in [-0.15, -0.1) is 0 Å². The van der Waals surface area contributed by atoms with Gasteiger partial charge in [0, 0.05) is 31.7 Å². The monoisotopic (exact) mass is 326 g/mol. The summed E-state index contributed by atoms with van der Waals surface area (Å²) in [4.78, 5) is 14.4. The number of ether oxygens (including phenoxy) is 2. The lowest BCUT2D eigenvalue weighted by Crippen LogP contribution is -2.41. The van der Waals surface area contributed by atoms with E-state index in [4.69, 9.17) is 21.1 Å². The molecule has 0 unspecified atom stereocenters. The third-order valence-corrected chi connectivity index (χ3v) is 3.67. The number of amides is 1. The summed E-state index contributed by atoms with van der Waals surface area (Å²) in [5, 5.41) is 3.37. The van der Waals surface area contributed by atoms with Crippen LogP contribution in [0, 0.1) is 0 Å². The number of carbonyl (C=O) groups excluding carboxylic acids is 1. The molecule has 22 heavy (non-hydrogen) atoms. The second-order valence-corrected chi connectivity index (χ2v) is 5.93. The van der Waals surface area contributed by atoms with Gasteiger partial charge in [-0.3, -0.25) is 9.69 Å². The van der Waals surface area contributed by atoms with Gasteiger partial charge in [-0.05, 0) is 32.0 Å². The van der Waals surface area contributed by atoms with E-state index in [1.165, 1.54) is 0 Å². The molecule has 1 aliphatic heterocycles. The van der Waals surface area contributed by atoms with E-state index in [1.807, 2.05) is 13.8 Å². The van der Waals surface area contributed by atoms with Crippen LogP contribution in [0.4, 0.5) is 0 Å². The molecule has 2 rings (SSSR count). The SMILES string of the molecule is CC(C)Oc1ccc(C(=O)NCCN2CCOCC2)cc1Cl. The zero-order valence-corrected chi connectivity index (χ0v) is 13.9. The standard InChI is InChI=1S/C16H23ClN2O3/c1-12(2)22-15-4-3-13(11-14(15)17)16(20)18-5-6-19-7-9-21-10-8-19/h3-4,11-12H,5-10H2,1-2H3,(H,18,20). The van der Waals surface area contributed by atoms with Gasteiger partial charge >= 0.3 is 0 Å². The van der Waals surface area contributed by atoms with Gasteiger partial charge in [-0.2, -0.15) is 0 Å². The highest BCUT2D eigenvalue weighted by Crippen LogP contribution is 2.26. The van der Waals surface area contributed by atoms with Crippen LogP contribution in [0.5, 0.6) is 5.75 Å². The van der Waals surface area contributed by atoms with Crippen LogP contribution in [0.2, 0.25) is 5.02 Å². The Hall–Kier alpha value is -1.30. The first-order chi connectivity index (χ1) is 10.6. The summed E-state index contributed by atoms with van der Waals surface area (Å²) in [7, 11) is 0. The Labute approximate surface area is 136 Å². The minimum Gasteiger partial charge on any atom is -0.489 e. The maximum Gasteiger partial charge on any atom is 0.251 e. The first kappa shape index (κ1) is 17.1. The van der Waals surface area contributed by atoms with Crippen molar-refractivity contribution in [3.05, 3.63) is 28.8 Å². The minimum absolute atomic E-state index is 0.0469. The molecule has 1 heterocycles. The molecule has 5 nitrogen and oxygen atoms in total. The van der Waals surface area contributed by atoms with E-state index < -0.39 is 0 Å². The number of hydrogen-bond acceptors (Lipinski definition) is 4. The zero-order valence-electron chi connectivity index (χ0n) is 13.1. The number of nitrogens with one attached hydrogen (secondary N) is 1. The lowest BCUT2D eigenvalue weighted by molar-refractivity contribution is 0.0383. The van der Waals surface area contributed by atoms with Crippen molar-refractivity contribution in [3.63, 3.8) is 0 Å². The van der Waals surface area contributed by atoms with Gasteiger partial charge in [0.15, 0.2) is 0 Å². The average Bonchev–Trinajstić information content (AvgIpc) is 2.50. The number of nitrogens with zero attached hydrogens (tertiary/aromatic N) is 1. The van der Waals surface area contributed by atoms with Gasteiger partial charge in [-0.25, -0.2) is 0 Å². The van der Waals surface area contributed by atoms with Crippen LogP contribution in [0.3, 0.4) is 0 Å². The Bertz CT molecular complexity index is 502. The number of carbonyl (C=O) groups is 1. The Kier molecular flexibility index (Phi) is 6.49. The quantitative estimate of drug-likeness (QED) is 0.870. The van der Waals surface area contributed by atoms with Gasteiger partial charge in [0.05, 0.1) is 24.3 Å². The van der Waals surface area contributed by atoms with Crippen LogP contribution in [0.15, 0.2) is 18.2 Å².